The van der Waals surface area contributed by atoms with Gasteiger partial charge in [0.2, 0.25) is 10.0 Å². The van der Waals surface area contributed by atoms with Crippen molar-refractivity contribution in [1.29, 1.82) is 0 Å². The summed E-state index contributed by atoms with van der Waals surface area (Å²) in [6.07, 6.45) is 4.27. The third kappa shape index (κ3) is 3.21. The summed E-state index contributed by atoms with van der Waals surface area (Å²) >= 11 is 9.39. The van der Waals surface area contributed by atoms with Gasteiger partial charge in [0.15, 0.2) is 0 Å². The maximum absolute atomic E-state index is 12.7. The number of nitrogens with zero attached hydrogens (tertiary/aromatic N) is 1. The second-order valence-corrected chi connectivity index (χ2v) is 8.71. The Bertz CT molecular complexity index is 591. The molecule has 0 radical (unpaired) electrons. The molecular weight excluding hydrogens is 362 g/mol. The molecule has 0 aliphatic heterocycles. The molecular formula is C14H19BrClNO2S. The lowest BCUT2D eigenvalue weighted by molar-refractivity contribution is 0.213. The highest BCUT2D eigenvalue weighted by molar-refractivity contribution is 9.10. The van der Waals surface area contributed by atoms with Gasteiger partial charge in [0.05, 0.1) is 5.02 Å². The molecule has 6 heteroatoms. The maximum atomic E-state index is 12.7. The molecule has 0 bridgehead atoms. The summed E-state index contributed by atoms with van der Waals surface area (Å²) in [5.41, 5.74) is 0. The Morgan fingerprint density at radius 3 is 2.55 bits per heavy atom. The first-order valence-corrected chi connectivity index (χ1v) is 9.38. The quantitative estimate of drug-likeness (QED) is 0.784. The molecule has 0 N–H and O–H groups in total. The van der Waals surface area contributed by atoms with E-state index in [1.165, 1.54) is 10.7 Å². The second-order valence-electron chi connectivity index (χ2n) is 5.43. The highest BCUT2D eigenvalue weighted by atomic mass is 79.9. The van der Waals surface area contributed by atoms with Crippen LogP contribution in [0.4, 0.5) is 0 Å². The fourth-order valence-corrected chi connectivity index (χ4v) is 5.35. The predicted molar refractivity (Wildman–Crippen MR) is 85.5 cm³/mol. The lowest BCUT2D eigenvalue weighted by Crippen LogP contribution is -2.42. The van der Waals surface area contributed by atoms with Gasteiger partial charge in [-0.1, -0.05) is 47.3 Å². The largest absolute Gasteiger partial charge is 0.244 e. The molecule has 0 amide bonds. The monoisotopic (exact) mass is 379 g/mol. The van der Waals surface area contributed by atoms with E-state index < -0.39 is 10.0 Å². The lowest BCUT2D eigenvalue weighted by Gasteiger charge is -2.35. The molecule has 0 saturated heterocycles. The Balaban J connectivity index is 2.33. The van der Waals surface area contributed by atoms with E-state index in [2.05, 4.69) is 22.9 Å². The minimum absolute atomic E-state index is 0.0634. The number of hydrogen-bond acceptors (Lipinski definition) is 2. The Morgan fingerprint density at radius 2 is 1.95 bits per heavy atom. The molecule has 1 aromatic rings. The highest BCUT2D eigenvalue weighted by Gasteiger charge is 2.33. The highest BCUT2D eigenvalue weighted by Crippen LogP contribution is 2.33. The zero-order valence-electron chi connectivity index (χ0n) is 11.6. The first-order chi connectivity index (χ1) is 9.34. The van der Waals surface area contributed by atoms with E-state index >= 15 is 0 Å². The van der Waals surface area contributed by atoms with Gasteiger partial charge in [-0.3, -0.25) is 0 Å². The van der Waals surface area contributed by atoms with Gasteiger partial charge in [-0.25, -0.2) is 8.42 Å². The maximum Gasteiger partial charge on any atom is 0.244 e. The summed E-state index contributed by atoms with van der Waals surface area (Å²) in [6.45, 7) is 2.12. The molecule has 2 atom stereocenters. The van der Waals surface area contributed by atoms with Gasteiger partial charge in [0.25, 0.3) is 0 Å². The van der Waals surface area contributed by atoms with E-state index in [0.29, 0.717) is 5.92 Å². The van der Waals surface area contributed by atoms with Crippen molar-refractivity contribution in [3.63, 3.8) is 0 Å². The zero-order chi connectivity index (χ0) is 14.9. The number of sulfonamides is 1. The fraction of sp³-hybridized carbons (Fsp3) is 0.571. The van der Waals surface area contributed by atoms with Crippen LogP contribution in [-0.2, 0) is 10.0 Å². The van der Waals surface area contributed by atoms with Gasteiger partial charge < -0.3 is 0 Å². The van der Waals surface area contributed by atoms with Crippen LogP contribution in [0.25, 0.3) is 0 Å². The summed E-state index contributed by atoms with van der Waals surface area (Å²) in [5.74, 6) is 0.387. The molecule has 20 heavy (non-hydrogen) atoms. The fourth-order valence-electron chi connectivity index (χ4n) is 2.85. The van der Waals surface area contributed by atoms with Crippen molar-refractivity contribution >= 4 is 37.6 Å². The summed E-state index contributed by atoms with van der Waals surface area (Å²) < 4.78 is 27.7. The number of rotatable bonds is 3. The molecule has 0 heterocycles. The van der Waals surface area contributed by atoms with Gasteiger partial charge in [-0.15, -0.1) is 0 Å². The Morgan fingerprint density at radius 1 is 1.30 bits per heavy atom. The third-order valence-corrected chi connectivity index (χ3v) is 6.94. The van der Waals surface area contributed by atoms with Gasteiger partial charge in [-0.05, 0) is 37.0 Å². The first-order valence-electron chi connectivity index (χ1n) is 6.77. The smallest absolute Gasteiger partial charge is 0.207 e. The van der Waals surface area contributed by atoms with Gasteiger partial charge in [-0.2, -0.15) is 4.31 Å². The van der Waals surface area contributed by atoms with E-state index in [4.69, 9.17) is 11.6 Å². The van der Waals surface area contributed by atoms with Gasteiger partial charge in [0.1, 0.15) is 4.90 Å². The molecule has 2 unspecified atom stereocenters. The van der Waals surface area contributed by atoms with E-state index in [1.54, 1.807) is 25.2 Å². The lowest BCUT2D eigenvalue weighted by atomic mass is 9.86. The van der Waals surface area contributed by atoms with Crippen LogP contribution in [0, 0.1) is 5.92 Å². The molecule has 112 valence electrons. The van der Waals surface area contributed by atoms with Crippen LogP contribution in [0.2, 0.25) is 5.02 Å². The molecule has 1 fully saturated rings. The topological polar surface area (TPSA) is 37.4 Å². The molecule has 0 aromatic heterocycles. The molecule has 0 spiro atoms. The normalized spacial score (nSPS) is 24.1. The van der Waals surface area contributed by atoms with Crippen LogP contribution in [-0.4, -0.2) is 25.8 Å². The van der Waals surface area contributed by atoms with Crippen molar-refractivity contribution in [3.8, 4) is 0 Å². The predicted octanol–water partition coefficient (Wildman–Crippen LogP) is 4.30. The standard InChI is InChI=1S/C14H19BrClNO2S/c1-10-5-3-4-6-13(10)17(2)20(18,19)14-8-7-11(15)9-12(14)16/h7-10,13H,3-6H2,1-2H3. The summed E-state index contributed by atoms with van der Waals surface area (Å²) in [4.78, 5) is 0.183. The summed E-state index contributed by atoms with van der Waals surface area (Å²) in [5, 5.41) is 0.259. The summed E-state index contributed by atoms with van der Waals surface area (Å²) in [6, 6.07) is 4.95. The van der Waals surface area contributed by atoms with Crippen molar-refractivity contribution < 1.29 is 8.42 Å². The van der Waals surface area contributed by atoms with Crippen LogP contribution in [0.5, 0.6) is 0 Å². The van der Waals surface area contributed by atoms with Crippen molar-refractivity contribution in [2.24, 2.45) is 5.92 Å². The van der Waals surface area contributed by atoms with E-state index in [9.17, 15) is 8.42 Å². The molecule has 1 aliphatic carbocycles. The molecule has 3 nitrogen and oxygen atoms in total. The average Bonchev–Trinajstić information content (AvgIpc) is 2.38. The minimum atomic E-state index is -3.54. The second kappa shape index (κ2) is 6.34. The van der Waals surface area contributed by atoms with Crippen molar-refractivity contribution in [2.75, 3.05) is 7.05 Å². The van der Waals surface area contributed by atoms with Crippen molar-refractivity contribution in [3.05, 3.63) is 27.7 Å². The van der Waals surface area contributed by atoms with Crippen LogP contribution < -0.4 is 0 Å². The minimum Gasteiger partial charge on any atom is -0.207 e. The molecule has 1 aromatic carbocycles. The summed E-state index contributed by atoms with van der Waals surface area (Å²) in [7, 11) is -1.87. The Kier molecular flexibility index (Phi) is 5.16. The number of benzene rings is 1. The van der Waals surface area contributed by atoms with E-state index in [1.807, 2.05) is 0 Å². The van der Waals surface area contributed by atoms with Crippen LogP contribution in [0.3, 0.4) is 0 Å². The first kappa shape index (κ1) is 16.3. The zero-order valence-corrected chi connectivity index (χ0v) is 14.8. The molecule has 2 rings (SSSR count). The van der Waals surface area contributed by atoms with Crippen LogP contribution in [0.1, 0.15) is 32.6 Å². The van der Waals surface area contributed by atoms with Gasteiger partial charge >= 0.3 is 0 Å². The van der Waals surface area contributed by atoms with Crippen LogP contribution >= 0.6 is 27.5 Å². The van der Waals surface area contributed by atoms with Crippen molar-refractivity contribution in [1.82, 2.24) is 4.31 Å². The number of halogens is 2. The SMILES string of the molecule is CC1CCCCC1N(C)S(=O)(=O)c1ccc(Br)cc1Cl. The Labute approximate surface area is 134 Å². The molecule has 1 aliphatic rings. The van der Waals surface area contributed by atoms with Gasteiger partial charge in [0, 0.05) is 17.6 Å². The Hall–Kier alpha value is -0.100. The van der Waals surface area contributed by atoms with Crippen LogP contribution in [0.15, 0.2) is 27.6 Å². The van der Waals surface area contributed by atoms with E-state index in [0.717, 1.165) is 23.7 Å². The van der Waals surface area contributed by atoms with Crippen molar-refractivity contribution in [2.45, 2.75) is 43.5 Å². The van der Waals surface area contributed by atoms with E-state index in [-0.39, 0.29) is 16.0 Å². The number of hydrogen-bond donors (Lipinski definition) is 0. The molecule has 1 saturated carbocycles. The third-order valence-electron chi connectivity index (χ3n) is 4.08. The average molecular weight is 381 g/mol.